The Kier molecular flexibility index (Phi) is 8.58. The molecule has 0 saturated heterocycles. The van der Waals surface area contributed by atoms with Gasteiger partial charge in [-0.25, -0.2) is 0 Å². The molecule has 0 heterocycles. The van der Waals surface area contributed by atoms with E-state index in [4.69, 9.17) is 25.8 Å². The van der Waals surface area contributed by atoms with Crippen LogP contribution < -0.4 is 5.32 Å². The molecule has 0 bridgehead atoms. The number of aryl methyl sites for hydroxylation is 1. The Morgan fingerprint density at radius 3 is 2.42 bits per heavy atom. The van der Waals surface area contributed by atoms with Gasteiger partial charge in [-0.1, -0.05) is 17.7 Å². The molecule has 0 spiro atoms. The monoisotopic (exact) mass is 287 g/mol. The topological polar surface area (TPSA) is 39.7 Å². The Hall–Kier alpha value is -0.810. The molecule has 0 aliphatic carbocycles. The fourth-order valence-corrected chi connectivity index (χ4v) is 1.79. The van der Waals surface area contributed by atoms with Crippen LogP contribution in [0.2, 0.25) is 5.02 Å². The maximum Gasteiger partial charge on any atom is 0.0701 e. The van der Waals surface area contributed by atoms with Gasteiger partial charge in [0.2, 0.25) is 0 Å². The summed E-state index contributed by atoms with van der Waals surface area (Å²) < 4.78 is 15.6. The average Bonchev–Trinajstić information content (AvgIpc) is 2.39. The van der Waals surface area contributed by atoms with Crippen molar-refractivity contribution in [3.8, 4) is 0 Å². The molecule has 0 aromatic heterocycles. The van der Waals surface area contributed by atoms with Crippen molar-refractivity contribution in [2.75, 3.05) is 52.0 Å². The maximum absolute atomic E-state index is 6.11. The second kappa shape index (κ2) is 10.0. The van der Waals surface area contributed by atoms with E-state index in [1.54, 1.807) is 7.11 Å². The number of ether oxygens (including phenoxy) is 3. The first kappa shape index (κ1) is 16.2. The molecular formula is C14H22ClNO3. The van der Waals surface area contributed by atoms with E-state index in [9.17, 15) is 0 Å². The van der Waals surface area contributed by atoms with Crippen molar-refractivity contribution < 1.29 is 14.2 Å². The Morgan fingerprint density at radius 2 is 1.74 bits per heavy atom. The van der Waals surface area contributed by atoms with Crippen LogP contribution in [0.4, 0.5) is 5.69 Å². The third-order valence-corrected chi connectivity index (χ3v) is 2.80. The maximum atomic E-state index is 6.11. The van der Waals surface area contributed by atoms with Crippen molar-refractivity contribution in [2.24, 2.45) is 0 Å². The summed E-state index contributed by atoms with van der Waals surface area (Å²) in [6, 6.07) is 5.94. The minimum absolute atomic E-state index is 0.590. The standard InChI is InChI=1S/C14H22ClNO3/c1-12-3-4-14(13(15)11-12)16-5-6-18-9-10-19-8-7-17-2/h3-4,11,16H,5-10H2,1-2H3. The normalized spacial score (nSPS) is 10.7. The van der Waals surface area contributed by atoms with Crippen molar-refractivity contribution in [2.45, 2.75) is 6.92 Å². The van der Waals surface area contributed by atoms with Crippen LogP contribution in [0.3, 0.4) is 0 Å². The lowest BCUT2D eigenvalue weighted by atomic mass is 10.2. The van der Waals surface area contributed by atoms with Crippen molar-refractivity contribution in [1.82, 2.24) is 0 Å². The molecule has 1 aromatic carbocycles. The number of nitrogens with one attached hydrogen (secondary N) is 1. The van der Waals surface area contributed by atoms with Gasteiger partial charge in [-0.3, -0.25) is 0 Å². The SMILES string of the molecule is COCCOCCOCCNc1ccc(C)cc1Cl. The first-order valence-corrected chi connectivity index (χ1v) is 6.76. The minimum Gasteiger partial charge on any atom is -0.382 e. The molecule has 0 unspecified atom stereocenters. The largest absolute Gasteiger partial charge is 0.382 e. The smallest absolute Gasteiger partial charge is 0.0701 e. The van der Waals surface area contributed by atoms with Crippen molar-refractivity contribution >= 4 is 17.3 Å². The zero-order valence-corrected chi connectivity index (χ0v) is 12.3. The lowest BCUT2D eigenvalue weighted by Gasteiger charge is -2.09. The van der Waals surface area contributed by atoms with Crippen LogP contribution in [0.15, 0.2) is 18.2 Å². The molecule has 0 amide bonds. The van der Waals surface area contributed by atoms with Gasteiger partial charge >= 0.3 is 0 Å². The first-order valence-electron chi connectivity index (χ1n) is 6.38. The van der Waals surface area contributed by atoms with Crippen molar-refractivity contribution in [3.05, 3.63) is 28.8 Å². The van der Waals surface area contributed by atoms with E-state index in [2.05, 4.69) is 5.32 Å². The molecule has 1 N–H and O–H groups in total. The van der Waals surface area contributed by atoms with Crippen molar-refractivity contribution in [1.29, 1.82) is 0 Å². The van der Waals surface area contributed by atoms with Gasteiger partial charge in [0.05, 0.1) is 43.7 Å². The predicted octanol–water partition coefficient (Wildman–Crippen LogP) is 2.74. The summed E-state index contributed by atoms with van der Waals surface area (Å²) in [5.41, 5.74) is 2.09. The quantitative estimate of drug-likeness (QED) is 0.672. The second-order valence-electron chi connectivity index (χ2n) is 4.13. The summed E-state index contributed by atoms with van der Waals surface area (Å²) in [6.45, 7) is 5.77. The van der Waals surface area contributed by atoms with E-state index in [1.807, 2.05) is 25.1 Å². The predicted molar refractivity (Wildman–Crippen MR) is 78.2 cm³/mol. The number of hydrogen-bond acceptors (Lipinski definition) is 4. The van der Waals surface area contributed by atoms with Crippen LogP contribution in [-0.2, 0) is 14.2 Å². The van der Waals surface area contributed by atoms with E-state index >= 15 is 0 Å². The Balaban J connectivity index is 2.01. The first-order chi connectivity index (χ1) is 9.24. The summed E-state index contributed by atoms with van der Waals surface area (Å²) in [5, 5.41) is 3.97. The van der Waals surface area contributed by atoms with Gasteiger partial charge < -0.3 is 19.5 Å². The summed E-state index contributed by atoms with van der Waals surface area (Å²) in [5.74, 6) is 0. The molecule has 0 radical (unpaired) electrons. The number of rotatable bonds is 10. The van der Waals surface area contributed by atoms with E-state index in [0.29, 0.717) is 33.0 Å². The van der Waals surface area contributed by atoms with Gasteiger partial charge in [0.25, 0.3) is 0 Å². The molecule has 4 nitrogen and oxygen atoms in total. The van der Waals surface area contributed by atoms with E-state index in [1.165, 1.54) is 0 Å². The zero-order valence-electron chi connectivity index (χ0n) is 11.6. The van der Waals surface area contributed by atoms with Crippen LogP contribution in [0.25, 0.3) is 0 Å². The van der Waals surface area contributed by atoms with Crippen LogP contribution in [0.1, 0.15) is 5.56 Å². The highest BCUT2D eigenvalue weighted by atomic mass is 35.5. The summed E-state index contributed by atoms with van der Waals surface area (Å²) in [7, 11) is 1.65. The molecule has 108 valence electrons. The van der Waals surface area contributed by atoms with Crippen LogP contribution in [-0.4, -0.2) is 46.7 Å². The molecule has 5 heteroatoms. The van der Waals surface area contributed by atoms with Crippen LogP contribution >= 0.6 is 11.6 Å². The Labute approximate surface area is 120 Å². The van der Waals surface area contributed by atoms with Gasteiger partial charge in [-0.05, 0) is 24.6 Å². The fraction of sp³-hybridized carbons (Fsp3) is 0.571. The fourth-order valence-electron chi connectivity index (χ4n) is 1.49. The van der Waals surface area contributed by atoms with Crippen LogP contribution in [0, 0.1) is 6.92 Å². The summed E-state index contributed by atoms with van der Waals surface area (Å²) in [6.07, 6.45) is 0. The molecule has 0 saturated carbocycles. The van der Waals surface area contributed by atoms with E-state index in [-0.39, 0.29) is 0 Å². The van der Waals surface area contributed by atoms with Crippen molar-refractivity contribution in [3.63, 3.8) is 0 Å². The molecule has 1 rings (SSSR count). The molecule has 0 atom stereocenters. The van der Waals surface area contributed by atoms with Gasteiger partial charge in [0, 0.05) is 13.7 Å². The number of hydrogen-bond donors (Lipinski definition) is 1. The number of methoxy groups -OCH3 is 1. The summed E-state index contributed by atoms with van der Waals surface area (Å²) >= 11 is 6.11. The lowest BCUT2D eigenvalue weighted by molar-refractivity contribution is 0.0272. The number of anilines is 1. The molecule has 19 heavy (non-hydrogen) atoms. The van der Waals surface area contributed by atoms with Gasteiger partial charge in [0.1, 0.15) is 0 Å². The molecule has 0 aliphatic heterocycles. The summed E-state index contributed by atoms with van der Waals surface area (Å²) in [4.78, 5) is 0. The average molecular weight is 288 g/mol. The number of halogens is 1. The number of benzene rings is 1. The van der Waals surface area contributed by atoms with E-state index in [0.717, 1.165) is 22.8 Å². The molecule has 1 aromatic rings. The molecular weight excluding hydrogens is 266 g/mol. The Morgan fingerprint density at radius 1 is 1.05 bits per heavy atom. The second-order valence-corrected chi connectivity index (χ2v) is 4.53. The van der Waals surface area contributed by atoms with Gasteiger partial charge in [-0.2, -0.15) is 0 Å². The van der Waals surface area contributed by atoms with Gasteiger partial charge in [0.15, 0.2) is 0 Å². The van der Waals surface area contributed by atoms with Crippen LogP contribution in [0.5, 0.6) is 0 Å². The third-order valence-electron chi connectivity index (χ3n) is 2.49. The van der Waals surface area contributed by atoms with Gasteiger partial charge in [-0.15, -0.1) is 0 Å². The van der Waals surface area contributed by atoms with E-state index < -0.39 is 0 Å². The molecule has 0 aliphatic rings. The third kappa shape index (κ3) is 7.38. The minimum atomic E-state index is 0.590. The zero-order chi connectivity index (χ0) is 13.9. The molecule has 0 fully saturated rings. The lowest BCUT2D eigenvalue weighted by Crippen LogP contribution is -2.13. The highest BCUT2D eigenvalue weighted by Gasteiger charge is 1.99. The Bertz CT molecular complexity index is 361. The highest BCUT2D eigenvalue weighted by Crippen LogP contribution is 2.22. The highest BCUT2D eigenvalue weighted by molar-refractivity contribution is 6.33.